The van der Waals surface area contributed by atoms with Gasteiger partial charge in [-0.05, 0) is 42.8 Å². The van der Waals surface area contributed by atoms with Crippen LogP contribution in [0, 0.1) is 0 Å². The molecule has 1 aliphatic heterocycles. The van der Waals surface area contributed by atoms with Crippen LogP contribution in [-0.4, -0.2) is 43.3 Å². The number of nitrogens with two attached hydrogens (primary N) is 1. The highest BCUT2D eigenvalue weighted by Gasteiger charge is 2.25. The van der Waals surface area contributed by atoms with Gasteiger partial charge in [-0.2, -0.15) is 0 Å². The zero-order chi connectivity index (χ0) is 17.2. The number of hydrogen-bond acceptors (Lipinski definition) is 5. The average molecular weight is 419 g/mol. The Morgan fingerprint density at radius 1 is 1.12 bits per heavy atom. The van der Waals surface area contributed by atoms with Crippen molar-refractivity contribution >= 4 is 46.4 Å². The van der Waals surface area contributed by atoms with Crippen LogP contribution in [-0.2, 0) is 10.0 Å². The van der Waals surface area contributed by atoms with Gasteiger partial charge >= 0.3 is 0 Å². The van der Waals surface area contributed by atoms with E-state index >= 15 is 0 Å². The number of anilines is 1. The Morgan fingerprint density at radius 3 is 2.27 bits per heavy atom. The number of amides is 1. The van der Waals surface area contributed by atoms with E-state index in [0.29, 0.717) is 24.3 Å². The fraction of sp³-hybridized carbons (Fsp3) is 0.250. The summed E-state index contributed by atoms with van der Waals surface area (Å²) in [6.07, 6.45) is 3.79. The Hall–Kier alpha value is -1.87. The lowest BCUT2D eigenvalue weighted by Crippen LogP contribution is -2.31. The van der Waals surface area contributed by atoms with Gasteiger partial charge in [0.15, 0.2) is 0 Å². The van der Waals surface area contributed by atoms with E-state index in [0.717, 1.165) is 6.42 Å². The molecule has 0 radical (unpaired) electrons. The van der Waals surface area contributed by atoms with E-state index in [1.54, 1.807) is 17.0 Å². The highest BCUT2D eigenvalue weighted by atomic mass is 35.5. The topological polar surface area (TPSA) is 105 Å². The summed E-state index contributed by atoms with van der Waals surface area (Å²) < 4.78 is 27.1. The molecule has 1 amide bonds. The highest BCUT2D eigenvalue weighted by molar-refractivity contribution is 7.92. The van der Waals surface area contributed by atoms with Gasteiger partial charge < -0.3 is 10.6 Å². The first kappa shape index (κ1) is 22.2. The Balaban J connectivity index is 0.00000169. The van der Waals surface area contributed by atoms with Crippen molar-refractivity contribution in [2.24, 2.45) is 5.73 Å². The first-order chi connectivity index (χ1) is 11.5. The number of sulfonamides is 1. The minimum atomic E-state index is -3.71. The molecule has 0 aliphatic carbocycles. The number of pyridine rings is 1. The summed E-state index contributed by atoms with van der Waals surface area (Å²) in [6, 6.07) is 9.02. The summed E-state index contributed by atoms with van der Waals surface area (Å²) in [5.74, 6) is -0.131. The van der Waals surface area contributed by atoms with Gasteiger partial charge in [0.25, 0.3) is 15.9 Å². The molecule has 0 spiro atoms. The molecule has 1 fully saturated rings. The number of carbonyl (C=O) groups is 1. The van der Waals surface area contributed by atoms with Crippen molar-refractivity contribution in [3.8, 4) is 0 Å². The molecule has 7 nitrogen and oxygen atoms in total. The third-order valence-electron chi connectivity index (χ3n) is 3.86. The van der Waals surface area contributed by atoms with Crippen molar-refractivity contribution in [3.05, 3.63) is 54.4 Å². The minimum absolute atomic E-state index is 0. The smallest absolute Gasteiger partial charge is 0.261 e. The van der Waals surface area contributed by atoms with Crippen molar-refractivity contribution in [1.29, 1.82) is 0 Å². The van der Waals surface area contributed by atoms with E-state index < -0.39 is 10.0 Å². The van der Waals surface area contributed by atoms with Gasteiger partial charge in [0.1, 0.15) is 0 Å². The van der Waals surface area contributed by atoms with Gasteiger partial charge in [-0.3, -0.25) is 14.5 Å². The molecule has 1 saturated heterocycles. The molecule has 2 aromatic rings. The number of likely N-dealkylation sites (tertiary alicyclic amines) is 1. The number of rotatable bonds is 4. The Morgan fingerprint density at radius 2 is 1.73 bits per heavy atom. The molecule has 1 atom stereocenters. The van der Waals surface area contributed by atoms with E-state index in [1.165, 1.54) is 36.7 Å². The average Bonchev–Trinajstić information content (AvgIpc) is 3.01. The molecule has 0 bridgehead atoms. The van der Waals surface area contributed by atoms with Crippen LogP contribution in [0.15, 0.2) is 53.7 Å². The van der Waals surface area contributed by atoms with Gasteiger partial charge in [0, 0.05) is 37.1 Å². The first-order valence-electron chi connectivity index (χ1n) is 7.53. The zero-order valence-corrected chi connectivity index (χ0v) is 16.2. The summed E-state index contributed by atoms with van der Waals surface area (Å²) in [6.45, 7) is 1.16. The van der Waals surface area contributed by atoms with Gasteiger partial charge in [-0.15, -0.1) is 24.8 Å². The van der Waals surface area contributed by atoms with Crippen LogP contribution >= 0.6 is 24.8 Å². The van der Waals surface area contributed by atoms with Crippen LogP contribution in [0.5, 0.6) is 0 Å². The maximum absolute atomic E-state index is 12.3. The van der Waals surface area contributed by atoms with Crippen LogP contribution in [0.2, 0.25) is 0 Å². The number of benzene rings is 1. The SMILES string of the molecule is Cl.Cl.N[C@@H]1CCN(C(=O)c2ccc(S(=O)(=O)Nc3ccncc3)cc2)C1. The molecular formula is C16H20Cl2N4O3S. The Kier molecular flexibility index (Phi) is 7.83. The lowest BCUT2D eigenvalue weighted by molar-refractivity contribution is 0.0791. The zero-order valence-electron chi connectivity index (χ0n) is 13.7. The molecule has 3 rings (SSSR count). The molecule has 1 aromatic carbocycles. The summed E-state index contributed by atoms with van der Waals surface area (Å²) in [5.41, 5.74) is 6.69. The van der Waals surface area contributed by atoms with Crippen LogP contribution in [0.3, 0.4) is 0 Å². The van der Waals surface area contributed by atoms with Crippen molar-refractivity contribution in [1.82, 2.24) is 9.88 Å². The maximum Gasteiger partial charge on any atom is 0.261 e. The molecule has 10 heteroatoms. The quantitative estimate of drug-likeness (QED) is 0.788. The van der Waals surface area contributed by atoms with Crippen molar-refractivity contribution in [2.45, 2.75) is 17.4 Å². The predicted molar refractivity (Wildman–Crippen MR) is 104 cm³/mol. The standard InChI is InChI=1S/C16H18N4O3S.2ClH/c17-13-7-10-20(11-13)16(21)12-1-3-15(4-2-12)24(22,23)19-14-5-8-18-9-6-14;;/h1-6,8-9,13H,7,10-11,17H2,(H,18,19);2*1H/t13-;;/m1../s1. The van der Waals surface area contributed by atoms with Gasteiger partial charge in [0.2, 0.25) is 0 Å². The van der Waals surface area contributed by atoms with Crippen LogP contribution < -0.4 is 10.5 Å². The summed E-state index contributed by atoms with van der Waals surface area (Å²) in [4.78, 5) is 18.0. The fourth-order valence-corrected chi connectivity index (χ4v) is 3.62. The molecule has 26 heavy (non-hydrogen) atoms. The second-order valence-corrected chi connectivity index (χ2v) is 7.35. The van der Waals surface area contributed by atoms with Crippen molar-refractivity contribution < 1.29 is 13.2 Å². The minimum Gasteiger partial charge on any atom is -0.337 e. The summed E-state index contributed by atoms with van der Waals surface area (Å²) in [7, 11) is -3.71. The Labute approximate surface area is 164 Å². The van der Waals surface area contributed by atoms with Gasteiger partial charge in [-0.25, -0.2) is 8.42 Å². The highest BCUT2D eigenvalue weighted by Crippen LogP contribution is 2.18. The van der Waals surface area contributed by atoms with E-state index in [-0.39, 0.29) is 41.7 Å². The normalized spacial score (nSPS) is 16.3. The van der Waals surface area contributed by atoms with Crippen LogP contribution in [0.1, 0.15) is 16.8 Å². The predicted octanol–water partition coefficient (Wildman–Crippen LogP) is 1.90. The number of nitrogens with zero attached hydrogens (tertiary/aromatic N) is 2. The van der Waals surface area contributed by atoms with Gasteiger partial charge in [-0.1, -0.05) is 0 Å². The molecule has 2 heterocycles. The van der Waals surface area contributed by atoms with E-state index in [9.17, 15) is 13.2 Å². The van der Waals surface area contributed by atoms with E-state index in [1.807, 2.05) is 0 Å². The molecule has 1 aliphatic rings. The molecule has 142 valence electrons. The first-order valence-corrected chi connectivity index (χ1v) is 9.02. The second-order valence-electron chi connectivity index (χ2n) is 5.67. The Bertz CT molecular complexity index is 832. The lowest BCUT2D eigenvalue weighted by Gasteiger charge is -2.16. The lowest BCUT2D eigenvalue weighted by atomic mass is 10.2. The van der Waals surface area contributed by atoms with Crippen molar-refractivity contribution in [2.75, 3.05) is 17.8 Å². The number of halogens is 2. The molecule has 3 N–H and O–H groups in total. The number of nitrogens with one attached hydrogen (secondary N) is 1. The number of aromatic nitrogens is 1. The summed E-state index contributed by atoms with van der Waals surface area (Å²) in [5, 5.41) is 0. The van der Waals surface area contributed by atoms with Crippen LogP contribution in [0.25, 0.3) is 0 Å². The fourth-order valence-electron chi connectivity index (χ4n) is 2.57. The third kappa shape index (κ3) is 5.07. The van der Waals surface area contributed by atoms with E-state index in [4.69, 9.17) is 5.73 Å². The van der Waals surface area contributed by atoms with Crippen LogP contribution in [0.4, 0.5) is 5.69 Å². The number of hydrogen-bond donors (Lipinski definition) is 2. The summed E-state index contributed by atoms with van der Waals surface area (Å²) >= 11 is 0. The third-order valence-corrected chi connectivity index (χ3v) is 5.25. The monoisotopic (exact) mass is 418 g/mol. The van der Waals surface area contributed by atoms with Crippen molar-refractivity contribution in [3.63, 3.8) is 0 Å². The molecular weight excluding hydrogens is 399 g/mol. The second kappa shape index (κ2) is 9.18. The van der Waals surface area contributed by atoms with Gasteiger partial charge in [0.05, 0.1) is 10.6 Å². The molecule has 0 unspecified atom stereocenters. The molecule has 0 saturated carbocycles. The van der Waals surface area contributed by atoms with E-state index in [2.05, 4.69) is 9.71 Å². The largest absolute Gasteiger partial charge is 0.337 e. The molecule has 1 aromatic heterocycles. The number of carbonyl (C=O) groups excluding carboxylic acids is 1. The maximum atomic E-state index is 12.3.